The molecule has 0 saturated carbocycles. The van der Waals surface area contributed by atoms with Crippen molar-refractivity contribution >= 4 is 90.7 Å². The van der Waals surface area contributed by atoms with Gasteiger partial charge in [-0.1, -0.05) is 109 Å². The Balaban J connectivity index is 1.10. The van der Waals surface area contributed by atoms with E-state index < -0.39 is 0 Å². The lowest BCUT2D eigenvalue weighted by Gasteiger charge is -2.22. The van der Waals surface area contributed by atoms with Crippen LogP contribution in [0.4, 0.5) is 0 Å². The molecule has 57 heavy (non-hydrogen) atoms. The molecule has 0 N–H and O–H groups in total. The van der Waals surface area contributed by atoms with E-state index in [0.717, 1.165) is 58.3 Å². The van der Waals surface area contributed by atoms with Crippen LogP contribution in [-0.4, -0.2) is 15.0 Å². The van der Waals surface area contributed by atoms with Crippen LogP contribution >= 0.6 is 22.7 Å². The summed E-state index contributed by atoms with van der Waals surface area (Å²) in [5.41, 5.74) is 8.70. The maximum absolute atomic E-state index is 6.61. The maximum atomic E-state index is 6.61. The molecule has 0 fully saturated rings. The van der Waals surface area contributed by atoms with Crippen LogP contribution in [0.3, 0.4) is 0 Å². The third kappa shape index (κ3) is 5.43. The Labute approximate surface area is 336 Å². The molecular formula is C51H33N3OS2. The highest BCUT2D eigenvalue weighted by Gasteiger charge is 2.30. The Hall–Kier alpha value is -6.47. The highest BCUT2D eigenvalue weighted by atomic mass is 32.1. The summed E-state index contributed by atoms with van der Waals surface area (Å²) in [7, 11) is 0. The van der Waals surface area contributed by atoms with Crippen molar-refractivity contribution in [1.29, 1.82) is 0 Å². The van der Waals surface area contributed by atoms with Gasteiger partial charge in [0.2, 0.25) is 0 Å². The number of aromatic nitrogens is 3. The van der Waals surface area contributed by atoms with Crippen molar-refractivity contribution in [3.8, 4) is 11.4 Å². The molecule has 12 rings (SSSR count). The van der Waals surface area contributed by atoms with Crippen LogP contribution in [0.2, 0.25) is 0 Å². The molecule has 0 bridgehead atoms. The second-order valence-electron chi connectivity index (χ2n) is 14.9. The van der Waals surface area contributed by atoms with Gasteiger partial charge in [0.05, 0.1) is 0 Å². The summed E-state index contributed by atoms with van der Waals surface area (Å²) in [6.45, 7) is 0. The first-order valence-corrected chi connectivity index (χ1v) is 21.1. The lowest BCUT2D eigenvalue weighted by molar-refractivity contribution is 0.547. The molecule has 0 radical (unpaired) electrons. The number of hydrogen-bond acceptors (Lipinski definition) is 6. The molecule has 2 aliphatic carbocycles. The largest absolute Gasteiger partial charge is 0.460 e. The van der Waals surface area contributed by atoms with Crippen LogP contribution in [0, 0.1) is 0 Å². The van der Waals surface area contributed by atoms with Gasteiger partial charge >= 0.3 is 0 Å². The van der Waals surface area contributed by atoms with E-state index in [1.807, 2.05) is 28.7 Å². The topological polar surface area (TPSA) is 51.8 Å². The highest BCUT2D eigenvalue weighted by molar-refractivity contribution is 7.26. The first-order chi connectivity index (χ1) is 28.2. The maximum Gasteiger partial charge on any atom is 0.165 e. The number of para-hydroxylation sites is 1. The van der Waals surface area contributed by atoms with Crippen molar-refractivity contribution in [2.24, 2.45) is 0 Å². The smallest absolute Gasteiger partial charge is 0.165 e. The molecule has 270 valence electrons. The van der Waals surface area contributed by atoms with E-state index in [4.69, 9.17) is 19.4 Å². The number of furan rings is 1. The Bertz CT molecular complexity index is 3340. The van der Waals surface area contributed by atoms with Gasteiger partial charge in [-0.2, -0.15) is 0 Å². The molecule has 4 aromatic heterocycles. The van der Waals surface area contributed by atoms with E-state index in [-0.39, 0.29) is 0 Å². The number of rotatable bonds is 5. The summed E-state index contributed by atoms with van der Waals surface area (Å²) in [6.07, 6.45) is 9.26. The quantitative estimate of drug-likeness (QED) is 0.175. The van der Waals surface area contributed by atoms with E-state index in [0.29, 0.717) is 23.4 Å². The average Bonchev–Trinajstić information content (AvgIpc) is 3.97. The van der Waals surface area contributed by atoms with Gasteiger partial charge in [-0.3, -0.25) is 0 Å². The Morgan fingerprint density at radius 1 is 0.526 bits per heavy atom. The number of allylic oxidation sites excluding steroid dienone is 5. The fourth-order valence-corrected chi connectivity index (χ4v) is 11.0. The monoisotopic (exact) mass is 767 g/mol. The number of benzene rings is 6. The predicted molar refractivity (Wildman–Crippen MR) is 239 cm³/mol. The number of hydrogen-bond donors (Lipinski definition) is 0. The van der Waals surface area contributed by atoms with Gasteiger partial charge in [0.15, 0.2) is 17.5 Å². The molecule has 0 aliphatic heterocycles. The minimum atomic E-state index is 0.306. The number of fused-ring (bicyclic) bond motifs is 9. The van der Waals surface area contributed by atoms with Gasteiger partial charge in [0.25, 0.3) is 0 Å². The van der Waals surface area contributed by atoms with Crippen molar-refractivity contribution in [3.05, 3.63) is 192 Å². The van der Waals surface area contributed by atoms with Crippen LogP contribution in [0.15, 0.2) is 162 Å². The summed E-state index contributed by atoms with van der Waals surface area (Å²) < 4.78 is 11.7. The van der Waals surface area contributed by atoms with Gasteiger partial charge in [0.1, 0.15) is 11.3 Å². The molecule has 4 nitrogen and oxygen atoms in total. The first-order valence-electron chi connectivity index (χ1n) is 19.5. The van der Waals surface area contributed by atoms with Gasteiger partial charge in [-0.05, 0) is 78.1 Å². The summed E-state index contributed by atoms with van der Waals surface area (Å²) in [5.74, 6) is 3.30. The zero-order valence-electron chi connectivity index (χ0n) is 30.8. The van der Waals surface area contributed by atoms with Gasteiger partial charge in [0, 0.05) is 80.3 Å². The SMILES string of the molecule is C1=CC(c2ccccc2)CC=C1c1nc(C2=C(c3ccc4sc5ccccc5c4c3)CCc3oc4ccccc4c32)nc(-c2ccc3sc4ccccc4c3c2)n1. The Morgan fingerprint density at radius 3 is 1.88 bits per heavy atom. The zero-order chi connectivity index (χ0) is 37.5. The molecule has 0 saturated heterocycles. The molecular weight excluding hydrogens is 735 g/mol. The van der Waals surface area contributed by atoms with Crippen molar-refractivity contribution in [3.63, 3.8) is 0 Å². The van der Waals surface area contributed by atoms with Crippen molar-refractivity contribution < 1.29 is 4.42 Å². The molecule has 10 aromatic rings. The van der Waals surface area contributed by atoms with E-state index >= 15 is 0 Å². The zero-order valence-corrected chi connectivity index (χ0v) is 32.4. The lowest BCUT2D eigenvalue weighted by Crippen LogP contribution is -2.11. The molecule has 0 amide bonds. The van der Waals surface area contributed by atoms with Gasteiger partial charge in [-0.15, -0.1) is 22.7 Å². The number of thiophene rings is 2. The highest BCUT2D eigenvalue weighted by Crippen LogP contribution is 2.46. The van der Waals surface area contributed by atoms with Crippen molar-refractivity contribution in [2.75, 3.05) is 0 Å². The minimum Gasteiger partial charge on any atom is -0.460 e. The first kappa shape index (κ1) is 32.7. The third-order valence-corrected chi connectivity index (χ3v) is 13.9. The molecule has 0 spiro atoms. The van der Waals surface area contributed by atoms with E-state index in [9.17, 15) is 0 Å². The number of nitrogens with zero attached hydrogens (tertiary/aromatic N) is 3. The molecule has 4 heterocycles. The summed E-state index contributed by atoms with van der Waals surface area (Å²) in [5, 5.41) is 6.12. The second kappa shape index (κ2) is 13.1. The fraction of sp³-hybridized carbons (Fsp3) is 0.0784. The van der Waals surface area contributed by atoms with Crippen molar-refractivity contribution in [1.82, 2.24) is 15.0 Å². The molecule has 6 heteroatoms. The predicted octanol–water partition coefficient (Wildman–Crippen LogP) is 14.1. The summed E-state index contributed by atoms with van der Waals surface area (Å²) in [4.78, 5) is 16.2. The summed E-state index contributed by atoms with van der Waals surface area (Å²) >= 11 is 3.67. The van der Waals surface area contributed by atoms with Gasteiger partial charge in [-0.25, -0.2) is 15.0 Å². The number of aryl methyl sites for hydroxylation is 1. The third-order valence-electron chi connectivity index (χ3n) is 11.6. The van der Waals surface area contributed by atoms with E-state index in [1.165, 1.54) is 57.0 Å². The van der Waals surface area contributed by atoms with Crippen molar-refractivity contribution in [2.45, 2.75) is 25.2 Å². The molecule has 1 unspecified atom stereocenters. The van der Waals surface area contributed by atoms with Crippen LogP contribution in [0.25, 0.3) is 79.4 Å². The normalized spacial score (nSPS) is 15.6. The second-order valence-corrected chi connectivity index (χ2v) is 17.1. The molecule has 1 atom stereocenters. The van der Waals surface area contributed by atoms with Crippen LogP contribution in [-0.2, 0) is 6.42 Å². The molecule has 2 aliphatic rings. The Kier molecular flexibility index (Phi) is 7.50. The van der Waals surface area contributed by atoms with Gasteiger partial charge < -0.3 is 4.42 Å². The standard InChI is InChI=1S/C51H33N3OS2/c1-2-10-30(11-3-1)31-18-20-32(21-19-31)49-52-50(34-23-27-46-40(29-34)37-13-6-9-17-44(37)57-46)54-51(53-49)48-35(24-25-42-47(48)38-14-4-7-15-41(38)55-42)33-22-26-45-39(28-33)36-12-5-8-16-43(36)56-45/h1-18,20-23,26-29,31H,19,24-25H2. The summed E-state index contributed by atoms with van der Waals surface area (Å²) in [6, 6.07) is 50.0. The lowest BCUT2D eigenvalue weighted by atomic mass is 9.84. The van der Waals surface area contributed by atoms with E-state index in [2.05, 4.69) is 152 Å². The van der Waals surface area contributed by atoms with E-state index in [1.54, 1.807) is 0 Å². The van der Waals surface area contributed by atoms with Crippen LogP contribution < -0.4 is 0 Å². The molecule has 6 aromatic carbocycles. The Morgan fingerprint density at radius 2 is 1.14 bits per heavy atom. The fourth-order valence-electron chi connectivity index (χ4n) is 8.85. The average molecular weight is 768 g/mol. The van der Waals surface area contributed by atoms with Crippen LogP contribution in [0.5, 0.6) is 0 Å². The van der Waals surface area contributed by atoms with Crippen LogP contribution in [0.1, 0.15) is 52.9 Å². The minimum absolute atomic E-state index is 0.306.